The van der Waals surface area contributed by atoms with Crippen molar-refractivity contribution in [2.75, 3.05) is 20.1 Å². The monoisotopic (exact) mass is 182 g/mol. The Morgan fingerprint density at radius 2 is 2.62 bits per heavy atom. The normalized spacial score (nSPS) is 24.0. The van der Waals surface area contributed by atoms with Crippen LogP contribution in [0.2, 0.25) is 0 Å². The molecule has 0 radical (unpaired) electrons. The largest absolute Gasteiger partial charge is 0.390 e. The zero-order chi connectivity index (χ0) is 9.26. The van der Waals surface area contributed by atoms with Crippen LogP contribution in [0.3, 0.4) is 0 Å². The van der Waals surface area contributed by atoms with Gasteiger partial charge in [-0.25, -0.2) is 0 Å². The third kappa shape index (κ3) is 1.73. The smallest absolute Gasteiger partial charge is 0.141 e. The molecule has 1 aromatic rings. The van der Waals surface area contributed by atoms with Crippen LogP contribution in [0, 0.1) is 0 Å². The molecular formula is C9H14N2O2. The van der Waals surface area contributed by atoms with Crippen LogP contribution >= 0.6 is 0 Å². The molecule has 13 heavy (non-hydrogen) atoms. The predicted octanol–water partition coefficient (Wildman–Crippen LogP) is 0.586. The van der Waals surface area contributed by atoms with Crippen LogP contribution in [0.5, 0.6) is 0 Å². The highest BCUT2D eigenvalue weighted by atomic mass is 16.5. The first-order valence-corrected chi connectivity index (χ1v) is 4.54. The van der Waals surface area contributed by atoms with Gasteiger partial charge in [-0.15, -0.1) is 0 Å². The summed E-state index contributed by atoms with van der Waals surface area (Å²) in [5.41, 5.74) is 0.629. The molecule has 1 fully saturated rings. The number of aliphatic hydroxyl groups is 1. The summed E-state index contributed by atoms with van der Waals surface area (Å²) >= 11 is 0. The number of aliphatic hydroxyl groups excluding tert-OH is 1. The van der Waals surface area contributed by atoms with Crippen molar-refractivity contribution in [1.82, 2.24) is 10.1 Å². The molecule has 1 saturated heterocycles. The van der Waals surface area contributed by atoms with Crippen molar-refractivity contribution < 1.29 is 9.63 Å². The fourth-order valence-corrected chi connectivity index (χ4v) is 1.76. The summed E-state index contributed by atoms with van der Waals surface area (Å²) in [6.07, 6.45) is 1.12. The summed E-state index contributed by atoms with van der Waals surface area (Å²) in [4.78, 5) is 2.27. The first-order valence-electron chi connectivity index (χ1n) is 4.54. The highest BCUT2D eigenvalue weighted by molar-refractivity contribution is 5.11. The molecule has 0 aromatic carbocycles. The molecule has 0 aliphatic carbocycles. The van der Waals surface area contributed by atoms with Gasteiger partial charge in [-0.2, -0.15) is 0 Å². The van der Waals surface area contributed by atoms with Crippen molar-refractivity contribution in [1.29, 1.82) is 0 Å². The highest BCUT2D eigenvalue weighted by Crippen LogP contribution is 2.26. The Kier molecular flexibility index (Phi) is 2.33. The van der Waals surface area contributed by atoms with E-state index in [0.717, 1.165) is 25.3 Å². The van der Waals surface area contributed by atoms with Gasteiger partial charge in [0.1, 0.15) is 11.5 Å². The minimum absolute atomic E-state index is 0.0357. The maximum Gasteiger partial charge on any atom is 0.141 e. The van der Waals surface area contributed by atoms with Gasteiger partial charge in [-0.05, 0) is 20.0 Å². The second kappa shape index (κ2) is 3.47. The number of hydrogen-bond acceptors (Lipinski definition) is 4. The molecule has 1 aliphatic heterocycles. The zero-order valence-corrected chi connectivity index (χ0v) is 7.73. The summed E-state index contributed by atoms with van der Waals surface area (Å²) in [7, 11) is 2.10. The number of rotatable bonds is 2. The average molecular weight is 182 g/mol. The van der Waals surface area contributed by atoms with E-state index in [4.69, 9.17) is 9.63 Å². The molecule has 1 atom stereocenters. The summed E-state index contributed by atoms with van der Waals surface area (Å²) in [6.45, 7) is 2.10. The van der Waals surface area contributed by atoms with Crippen LogP contribution in [-0.2, 0) is 6.61 Å². The molecule has 72 valence electrons. The van der Waals surface area contributed by atoms with Gasteiger partial charge in [-0.3, -0.25) is 0 Å². The Bertz CT molecular complexity index is 285. The second-order valence-corrected chi connectivity index (χ2v) is 3.63. The van der Waals surface area contributed by atoms with Gasteiger partial charge < -0.3 is 14.5 Å². The van der Waals surface area contributed by atoms with Gasteiger partial charge in [0, 0.05) is 18.5 Å². The lowest BCUT2D eigenvalue weighted by molar-refractivity contribution is 0.263. The van der Waals surface area contributed by atoms with Crippen molar-refractivity contribution in [2.45, 2.75) is 18.9 Å². The van der Waals surface area contributed by atoms with E-state index >= 15 is 0 Å². The van der Waals surface area contributed by atoms with E-state index in [1.165, 1.54) is 0 Å². The molecule has 1 N–H and O–H groups in total. The Morgan fingerprint density at radius 1 is 1.77 bits per heavy atom. The number of hydrogen-bond donors (Lipinski definition) is 1. The molecule has 2 heterocycles. The van der Waals surface area contributed by atoms with Gasteiger partial charge in [-0.1, -0.05) is 5.16 Å². The molecule has 0 bridgehead atoms. The van der Waals surface area contributed by atoms with Crippen molar-refractivity contribution >= 4 is 0 Å². The van der Waals surface area contributed by atoms with E-state index < -0.39 is 0 Å². The maximum atomic E-state index is 8.81. The lowest BCUT2D eigenvalue weighted by Crippen LogP contribution is -2.13. The quantitative estimate of drug-likeness (QED) is 0.727. The Balaban J connectivity index is 2.08. The summed E-state index contributed by atoms with van der Waals surface area (Å²) in [5.74, 6) is 1.37. The fraction of sp³-hybridized carbons (Fsp3) is 0.667. The third-order valence-electron chi connectivity index (χ3n) is 2.53. The van der Waals surface area contributed by atoms with Crippen LogP contribution in [0.1, 0.15) is 23.8 Å². The van der Waals surface area contributed by atoms with E-state index in [2.05, 4.69) is 17.1 Å². The second-order valence-electron chi connectivity index (χ2n) is 3.63. The summed E-state index contributed by atoms with van der Waals surface area (Å²) < 4.78 is 5.15. The molecule has 0 saturated carbocycles. The molecular weight excluding hydrogens is 168 g/mol. The van der Waals surface area contributed by atoms with Crippen LogP contribution in [0.4, 0.5) is 0 Å². The van der Waals surface area contributed by atoms with Gasteiger partial charge in [0.2, 0.25) is 0 Å². The van der Waals surface area contributed by atoms with Crippen LogP contribution < -0.4 is 0 Å². The van der Waals surface area contributed by atoms with Gasteiger partial charge in [0.05, 0.1) is 6.61 Å². The van der Waals surface area contributed by atoms with Gasteiger partial charge in [0.15, 0.2) is 0 Å². The number of aromatic nitrogens is 1. The topological polar surface area (TPSA) is 49.5 Å². The minimum Gasteiger partial charge on any atom is -0.390 e. The highest BCUT2D eigenvalue weighted by Gasteiger charge is 2.24. The molecule has 1 aromatic heterocycles. The van der Waals surface area contributed by atoms with E-state index in [-0.39, 0.29) is 6.61 Å². The SMILES string of the molecule is CN1CCC(c2cc(CO)no2)C1. The first kappa shape index (κ1) is 8.72. The van der Waals surface area contributed by atoms with E-state index in [0.29, 0.717) is 11.6 Å². The standard InChI is InChI=1S/C9H14N2O2/c1-11-3-2-7(5-11)9-4-8(6-12)10-13-9/h4,7,12H,2-3,5-6H2,1H3. The fourth-order valence-electron chi connectivity index (χ4n) is 1.76. The first-order chi connectivity index (χ1) is 6.29. The molecule has 0 amide bonds. The Hall–Kier alpha value is -0.870. The molecule has 0 spiro atoms. The van der Waals surface area contributed by atoms with Crippen molar-refractivity contribution in [3.8, 4) is 0 Å². The van der Waals surface area contributed by atoms with Crippen molar-refractivity contribution in [3.05, 3.63) is 17.5 Å². The summed E-state index contributed by atoms with van der Waals surface area (Å²) in [5, 5.41) is 12.6. The van der Waals surface area contributed by atoms with Crippen LogP contribution in [0.25, 0.3) is 0 Å². The predicted molar refractivity (Wildman–Crippen MR) is 47.3 cm³/mol. The summed E-state index contributed by atoms with van der Waals surface area (Å²) in [6, 6.07) is 1.85. The minimum atomic E-state index is -0.0357. The van der Waals surface area contributed by atoms with Gasteiger partial charge >= 0.3 is 0 Å². The number of nitrogens with zero attached hydrogens (tertiary/aromatic N) is 2. The molecule has 2 rings (SSSR count). The lowest BCUT2D eigenvalue weighted by Gasteiger charge is -2.05. The Morgan fingerprint density at radius 3 is 3.15 bits per heavy atom. The molecule has 4 heteroatoms. The van der Waals surface area contributed by atoms with Crippen LogP contribution in [-0.4, -0.2) is 35.3 Å². The number of likely N-dealkylation sites (tertiary alicyclic amines) is 1. The zero-order valence-electron chi connectivity index (χ0n) is 7.73. The van der Waals surface area contributed by atoms with Gasteiger partial charge in [0.25, 0.3) is 0 Å². The molecule has 1 aliphatic rings. The Labute approximate surface area is 77.1 Å². The average Bonchev–Trinajstić information content (AvgIpc) is 2.71. The van der Waals surface area contributed by atoms with Crippen molar-refractivity contribution in [2.24, 2.45) is 0 Å². The molecule has 4 nitrogen and oxygen atoms in total. The molecule has 1 unspecified atom stereocenters. The van der Waals surface area contributed by atoms with E-state index in [9.17, 15) is 0 Å². The van der Waals surface area contributed by atoms with E-state index in [1.54, 1.807) is 0 Å². The lowest BCUT2D eigenvalue weighted by atomic mass is 10.1. The van der Waals surface area contributed by atoms with E-state index in [1.807, 2.05) is 6.07 Å². The number of likely N-dealkylation sites (N-methyl/N-ethyl adjacent to an activating group) is 1. The third-order valence-corrected chi connectivity index (χ3v) is 2.53. The maximum absolute atomic E-state index is 8.81. The van der Waals surface area contributed by atoms with Crippen molar-refractivity contribution in [3.63, 3.8) is 0 Å². The van der Waals surface area contributed by atoms with Crippen LogP contribution in [0.15, 0.2) is 10.6 Å².